The summed E-state index contributed by atoms with van der Waals surface area (Å²) < 4.78 is 27.3. The highest BCUT2D eigenvalue weighted by molar-refractivity contribution is 6.03. The summed E-state index contributed by atoms with van der Waals surface area (Å²) in [5.74, 6) is -0.607. The van der Waals surface area contributed by atoms with Crippen LogP contribution in [-0.4, -0.2) is 66.0 Å². The van der Waals surface area contributed by atoms with Crippen LogP contribution in [0.3, 0.4) is 0 Å². The molecule has 1 amide bonds. The van der Waals surface area contributed by atoms with Gasteiger partial charge in [0.15, 0.2) is 0 Å². The number of fused-ring (bicyclic) bond motifs is 5. The lowest BCUT2D eigenvalue weighted by atomic mass is 9.81. The molecule has 8 heteroatoms. The van der Waals surface area contributed by atoms with Crippen LogP contribution in [0.15, 0.2) is 42.0 Å². The lowest BCUT2D eigenvalue weighted by Gasteiger charge is -2.32. The topological polar surface area (TPSA) is 81.0 Å². The number of rotatable bonds is 4. The number of aliphatic hydroxyl groups is 1. The Morgan fingerprint density at radius 3 is 2.72 bits per heavy atom. The minimum Gasteiger partial charge on any atom is -0.465 e. The van der Waals surface area contributed by atoms with Crippen LogP contribution < -0.4 is 0 Å². The van der Waals surface area contributed by atoms with Crippen LogP contribution in [0, 0.1) is 5.82 Å². The second-order valence-corrected chi connectivity index (χ2v) is 10.7. The van der Waals surface area contributed by atoms with Crippen molar-refractivity contribution in [3.05, 3.63) is 64.5 Å². The number of aromatic nitrogens is 1. The van der Waals surface area contributed by atoms with Crippen molar-refractivity contribution in [2.45, 2.75) is 50.7 Å². The van der Waals surface area contributed by atoms with Crippen molar-refractivity contribution in [1.29, 1.82) is 0 Å². The zero-order valence-corrected chi connectivity index (χ0v) is 22.1. The minimum absolute atomic E-state index is 0.162. The number of benzene rings is 2. The zero-order valence-electron chi connectivity index (χ0n) is 22.1. The van der Waals surface area contributed by atoms with Gasteiger partial charge in [-0.25, -0.2) is 9.18 Å². The minimum atomic E-state index is -0.428. The molecular formula is C31H33FN2O5. The highest BCUT2D eigenvalue weighted by Crippen LogP contribution is 2.46. The molecule has 3 heterocycles. The largest absolute Gasteiger partial charge is 0.465 e. The Morgan fingerprint density at radius 2 is 1.95 bits per heavy atom. The number of carbonyl (C=O) groups is 2. The molecule has 1 unspecified atom stereocenters. The van der Waals surface area contributed by atoms with Gasteiger partial charge in [0.25, 0.3) is 5.91 Å². The number of methoxy groups -OCH3 is 1. The highest BCUT2D eigenvalue weighted by Gasteiger charge is 2.32. The average molecular weight is 533 g/mol. The molecule has 2 fully saturated rings. The van der Waals surface area contributed by atoms with Gasteiger partial charge in [0, 0.05) is 35.1 Å². The summed E-state index contributed by atoms with van der Waals surface area (Å²) in [6, 6.07) is 10.4. The van der Waals surface area contributed by atoms with E-state index >= 15 is 0 Å². The van der Waals surface area contributed by atoms with Gasteiger partial charge < -0.3 is 24.0 Å². The first-order chi connectivity index (χ1) is 19.0. The van der Waals surface area contributed by atoms with E-state index in [1.807, 2.05) is 18.2 Å². The molecule has 2 aromatic carbocycles. The van der Waals surface area contributed by atoms with Crippen LogP contribution in [0.1, 0.15) is 59.5 Å². The molecule has 1 aliphatic carbocycles. The number of hydrogen-bond donors (Lipinski definition) is 1. The number of carbonyl (C=O) groups excluding carboxylic acids is 2. The van der Waals surface area contributed by atoms with E-state index in [0.29, 0.717) is 42.3 Å². The quantitative estimate of drug-likeness (QED) is 0.484. The summed E-state index contributed by atoms with van der Waals surface area (Å²) in [4.78, 5) is 28.1. The Kier molecular flexibility index (Phi) is 6.99. The van der Waals surface area contributed by atoms with Gasteiger partial charge in [-0.15, -0.1) is 0 Å². The number of amides is 1. The van der Waals surface area contributed by atoms with E-state index in [1.165, 1.54) is 31.2 Å². The average Bonchev–Trinajstić information content (AvgIpc) is 3.19. The molecule has 3 aromatic rings. The van der Waals surface area contributed by atoms with Crippen molar-refractivity contribution in [2.24, 2.45) is 0 Å². The molecule has 1 saturated carbocycles. The Labute approximate surface area is 226 Å². The number of aliphatic hydroxyl groups excluding tert-OH is 1. The van der Waals surface area contributed by atoms with Crippen LogP contribution in [0.25, 0.3) is 28.2 Å². The Bertz CT molecular complexity index is 1470. The molecule has 1 atom stereocenters. The SMILES string of the molecule is COC(=O)c1ccc2c(C3CCCCC3)c3n(c2c1)CC(C(=O)N1CCOC(CO)C1)=Cc1cc(F)ccc1-3. The number of nitrogens with zero attached hydrogens (tertiary/aromatic N) is 2. The summed E-state index contributed by atoms with van der Waals surface area (Å²) in [6.07, 6.45) is 7.03. The normalized spacial score (nSPS) is 19.7. The lowest BCUT2D eigenvalue weighted by molar-refractivity contribution is -0.136. The van der Waals surface area contributed by atoms with E-state index in [9.17, 15) is 19.1 Å². The van der Waals surface area contributed by atoms with Crippen LogP contribution in [-0.2, 0) is 20.8 Å². The van der Waals surface area contributed by atoms with E-state index < -0.39 is 12.1 Å². The van der Waals surface area contributed by atoms with Crippen molar-refractivity contribution in [3.63, 3.8) is 0 Å². The number of esters is 1. The maximum atomic E-state index is 14.6. The predicted octanol–water partition coefficient (Wildman–Crippen LogP) is 4.90. The summed E-state index contributed by atoms with van der Waals surface area (Å²) in [7, 11) is 1.37. The van der Waals surface area contributed by atoms with Crippen molar-refractivity contribution in [2.75, 3.05) is 33.4 Å². The summed E-state index contributed by atoms with van der Waals surface area (Å²) in [5.41, 5.74) is 5.57. The lowest BCUT2D eigenvalue weighted by Crippen LogP contribution is -2.47. The standard InChI is InChI=1S/C31H33FN2O5/c1-38-31(37)20-7-9-26-27(15-20)34-16-22(30(36)33-11-12-39-24(17-33)18-35)13-21-14-23(32)8-10-25(21)29(34)28(26)19-5-3-2-4-6-19/h7-10,13-15,19,24,35H,2-6,11-12,16-18H2,1H3. The summed E-state index contributed by atoms with van der Waals surface area (Å²) >= 11 is 0. The van der Waals surface area contributed by atoms with Crippen molar-refractivity contribution in [1.82, 2.24) is 9.47 Å². The van der Waals surface area contributed by atoms with E-state index in [4.69, 9.17) is 9.47 Å². The van der Waals surface area contributed by atoms with Crippen LogP contribution >= 0.6 is 0 Å². The van der Waals surface area contributed by atoms with Crippen molar-refractivity contribution >= 4 is 28.9 Å². The number of hydrogen-bond acceptors (Lipinski definition) is 5. The fourth-order valence-corrected chi connectivity index (χ4v) is 6.50. The summed E-state index contributed by atoms with van der Waals surface area (Å²) in [6.45, 7) is 1.18. The van der Waals surface area contributed by atoms with Crippen molar-refractivity contribution < 1.29 is 28.6 Å². The highest BCUT2D eigenvalue weighted by atomic mass is 19.1. The van der Waals surface area contributed by atoms with Gasteiger partial charge in [-0.1, -0.05) is 25.3 Å². The van der Waals surface area contributed by atoms with E-state index in [2.05, 4.69) is 4.57 Å². The monoisotopic (exact) mass is 532 g/mol. The first kappa shape index (κ1) is 25.8. The molecule has 204 valence electrons. The van der Waals surface area contributed by atoms with E-state index in [-0.39, 0.29) is 24.9 Å². The molecule has 2 aliphatic heterocycles. The van der Waals surface area contributed by atoms with Gasteiger partial charge in [-0.2, -0.15) is 0 Å². The Morgan fingerprint density at radius 1 is 1.13 bits per heavy atom. The fraction of sp³-hybridized carbons (Fsp3) is 0.419. The Hall–Kier alpha value is -3.49. The maximum Gasteiger partial charge on any atom is 0.337 e. The molecular weight excluding hydrogens is 499 g/mol. The number of halogens is 1. The molecule has 6 rings (SSSR count). The van der Waals surface area contributed by atoms with E-state index in [1.54, 1.807) is 17.0 Å². The predicted molar refractivity (Wildman–Crippen MR) is 146 cm³/mol. The molecule has 39 heavy (non-hydrogen) atoms. The van der Waals surface area contributed by atoms with Crippen LogP contribution in [0.2, 0.25) is 0 Å². The van der Waals surface area contributed by atoms with Crippen LogP contribution in [0.4, 0.5) is 4.39 Å². The smallest absolute Gasteiger partial charge is 0.337 e. The molecule has 1 N–H and O–H groups in total. The van der Waals surface area contributed by atoms with Gasteiger partial charge >= 0.3 is 5.97 Å². The van der Waals surface area contributed by atoms with Gasteiger partial charge in [0.1, 0.15) is 5.82 Å². The van der Waals surface area contributed by atoms with Gasteiger partial charge in [-0.3, -0.25) is 4.79 Å². The maximum absolute atomic E-state index is 14.6. The first-order valence-electron chi connectivity index (χ1n) is 13.7. The molecule has 7 nitrogen and oxygen atoms in total. The third-order valence-corrected chi connectivity index (χ3v) is 8.37. The van der Waals surface area contributed by atoms with Gasteiger partial charge in [-0.05, 0) is 66.3 Å². The second kappa shape index (κ2) is 10.6. The van der Waals surface area contributed by atoms with E-state index in [0.717, 1.165) is 47.8 Å². The summed E-state index contributed by atoms with van der Waals surface area (Å²) in [5, 5.41) is 10.7. The van der Waals surface area contributed by atoms with Crippen molar-refractivity contribution in [3.8, 4) is 11.3 Å². The molecule has 1 saturated heterocycles. The molecule has 0 radical (unpaired) electrons. The van der Waals surface area contributed by atoms with Gasteiger partial charge in [0.2, 0.25) is 0 Å². The first-order valence-corrected chi connectivity index (χ1v) is 13.7. The number of morpholine rings is 1. The second-order valence-electron chi connectivity index (χ2n) is 10.7. The third-order valence-electron chi connectivity index (χ3n) is 8.37. The Balaban J connectivity index is 1.56. The molecule has 3 aliphatic rings. The number of ether oxygens (including phenoxy) is 2. The van der Waals surface area contributed by atoms with Gasteiger partial charge in [0.05, 0.1) is 44.2 Å². The van der Waals surface area contributed by atoms with Crippen LogP contribution in [0.5, 0.6) is 0 Å². The molecule has 1 aromatic heterocycles. The zero-order chi connectivity index (χ0) is 27.1. The molecule has 0 spiro atoms. The fourth-order valence-electron chi connectivity index (χ4n) is 6.50. The third kappa shape index (κ3) is 4.66. The molecule has 0 bridgehead atoms.